The van der Waals surface area contributed by atoms with Crippen molar-refractivity contribution in [1.82, 2.24) is 0 Å². The van der Waals surface area contributed by atoms with E-state index in [0.29, 0.717) is 11.5 Å². The van der Waals surface area contributed by atoms with E-state index in [-0.39, 0.29) is 11.4 Å². The van der Waals surface area contributed by atoms with Crippen molar-refractivity contribution in [2.24, 2.45) is 17.3 Å². The van der Waals surface area contributed by atoms with Crippen molar-refractivity contribution in [1.29, 1.82) is 0 Å². The van der Waals surface area contributed by atoms with Crippen molar-refractivity contribution in [3.05, 3.63) is 23.8 Å². The summed E-state index contributed by atoms with van der Waals surface area (Å²) in [4.78, 5) is 11.6. The lowest BCUT2D eigenvalue weighted by Gasteiger charge is -2.58. The molecule has 5 aliphatic rings. The molecule has 0 unspecified atom stereocenters. The van der Waals surface area contributed by atoms with Crippen molar-refractivity contribution in [2.75, 3.05) is 6.61 Å². The van der Waals surface area contributed by atoms with E-state index in [9.17, 15) is 4.79 Å². The minimum Gasteiger partial charge on any atom is -0.426 e. The molecule has 0 N–H and O–H groups in total. The molecule has 96 valence electrons. The van der Waals surface area contributed by atoms with Crippen LogP contribution in [0.1, 0.15) is 32.6 Å². The fourth-order valence-electron chi connectivity index (χ4n) is 4.51. The monoisotopic (exact) mass is 246 g/mol. The highest BCUT2D eigenvalue weighted by Crippen LogP contribution is 2.67. The number of hydrogen-bond acceptors (Lipinski definition) is 3. The van der Waals surface area contributed by atoms with Crippen molar-refractivity contribution in [3.8, 4) is 0 Å². The summed E-state index contributed by atoms with van der Waals surface area (Å²) < 4.78 is 11.4. The Morgan fingerprint density at radius 2 is 2.33 bits per heavy atom. The summed E-state index contributed by atoms with van der Waals surface area (Å²) in [5.41, 5.74) is 2.26. The van der Waals surface area contributed by atoms with E-state index in [1.54, 1.807) is 6.92 Å². The number of carbonyl (C=O) groups is 1. The number of ether oxygens (including phenoxy) is 2. The topological polar surface area (TPSA) is 35.5 Å². The van der Waals surface area contributed by atoms with Gasteiger partial charge in [-0.1, -0.05) is 12.2 Å². The van der Waals surface area contributed by atoms with E-state index < -0.39 is 5.79 Å². The summed E-state index contributed by atoms with van der Waals surface area (Å²) in [6.45, 7) is 6.74. The smallest absolute Gasteiger partial charge is 0.336 e. The number of allylic oxidation sites excluding steroid dienone is 1. The third-order valence-electron chi connectivity index (χ3n) is 5.52. The molecule has 0 radical (unpaired) electrons. The van der Waals surface area contributed by atoms with Gasteiger partial charge in [0.15, 0.2) is 0 Å². The van der Waals surface area contributed by atoms with Gasteiger partial charge in [0.25, 0.3) is 0 Å². The lowest BCUT2D eigenvalue weighted by Crippen LogP contribution is -2.54. The average Bonchev–Trinajstić information content (AvgIpc) is 2.82. The van der Waals surface area contributed by atoms with Crippen LogP contribution in [0, 0.1) is 17.3 Å². The van der Waals surface area contributed by atoms with Gasteiger partial charge in [-0.25, -0.2) is 4.79 Å². The first-order valence-electron chi connectivity index (χ1n) is 6.79. The summed E-state index contributed by atoms with van der Waals surface area (Å²) in [7, 11) is 0. The highest BCUT2D eigenvalue weighted by Gasteiger charge is 2.66. The Bertz CT molecular complexity index is 490. The molecule has 2 heterocycles. The predicted octanol–water partition coefficient (Wildman–Crippen LogP) is 2.58. The minimum atomic E-state index is -0.754. The van der Waals surface area contributed by atoms with E-state index in [2.05, 4.69) is 6.58 Å². The molecule has 2 spiro atoms. The van der Waals surface area contributed by atoms with Gasteiger partial charge in [-0.3, -0.25) is 0 Å². The van der Waals surface area contributed by atoms with Gasteiger partial charge in [0.2, 0.25) is 5.79 Å². The van der Waals surface area contributed by atoms with E-state index in [1.807, 2.05) is 6.08 Å². The van der Waals surface area contributed by atoms with Crippen molar-refractivity contribution < 1.29 is 14.3 Å². The molecule has 0 amide bonds. The second-order valence-electron chi connectivity index (χ2n) is 6.41. The van der Waals surface area contributed by atoms with E-state index in [1.165, 1.54) is 24.8 Å². The summed E-state index contributed by atoms with van der Waals surface area (Å²) in [5.74, 6) is 0.342. The van der Waals surface area contributed by atoms with Crippen molar-refractivity contribution >= 4 is 5.97 Å². The molecule has 4 fully saturated rings. The van der Waals surface area contributed by atoms with Crippen LogP contribution >= 0.6 is 0 Å². The fraction of sp³-hybridized carbons (Fsp3) is 0.667. The van der Waals surface area contributed by atoms with E-state index in [4.69, 9.17) is 9.47 Å². The Balaban J connectivity index is 1.65. The quantitative estimate of drug-likeness (QED) is 0.487. The number of hydrogen-bond donors (Lipinski definition) is 0. The summed E-state index contributed by atoms with van der Waals surface area (Å²) in [5, 5.41) is 0. The van der Waals surface area contributed by atoms with Gasteiger partial charge in [0.05, 0.1) is 6.61 Å². The highest BCUT2D eigenvalue weighted by atomic mass is 16.7. The largest absolute Gasteiger partial charge is 0.426 e. The fourth-order valence-corrected chi connectivity index (χ4v) is 4.51. The first-order chi connectivity index (χ1) is 8.55. The van der Waals surface area contributed by atoms with Gasteiger partial charge < -0.3 is 9.47 Å². The number of carbonyl (C=O) groups excluding carboxylic acids is 1. The van der Waals surface area contributed by atoms with Crippen LogP contribution in [0.3, 0.4) is 0 Å². The maximum absolute atomic E-state index is 11.6. The Morgan fingerprint density at radius 3 is 2.94 bits per heavy atom. The van der Waals surface area contributed by atoms with Gasteiger partial charge >= 0.3 is 5.97 Å². The zero-order valence-electron chi connectivity index (χ0n) is 10.7. The number of esters is 1. The SMILES string of the molecule is C=C1CC[C@H]2C[C@@H]1[C@@]21CO[C@@]2(C=C(C)C(=O)O2)C1. The first-order valence-corrected chi connectivity index (χ1v) is 6.79. The summed E-state index contributed by atoms with van der Waals surface area (Å²) >= 11 is 0. The second kappa shape index (κ2) is 3.08. The minimum absolute atomic E-state index is 0.205. The molecule has 2 bridgehead atoms. The number of rotatable bonds is 0. The molecule has 3 saturated carbocycles. The molecule has 4 atom stereocenters. The van der Waals surface area contributed by atoms with Gasteiger partial charge in [0.1, 0.15) is 0 Å². The van der Waals surface area contributed by atoms with Crippen molar-refractivity contribution in [3.63, 3.8) is 0 Å². The average molecular weight is 246 g/mol. The maximum Gasteiger partial charge on any atom is 0.336 e. The molecule has 0 aromatic rings. The lowest BCUT2D eigenvalue weighted by molar-refractivity contribution is -0.182. The van der Waals surface area contributed by atoms with Crippen LogP contribution < -0.4 is 0 Å². The normalized spacial score (nSPS) is 49.5. The van der Waals surface area contributed by atoms with Gasteiger partial charge in [-0.05, 0) is 44.1 Å². The molecule has 0 aromatic heterocycles. The molecule has 1 saturated heterocycles. The summed E-state index contributed by atoms with van der Waals surface area (Å²) in [6, 6.07) is 0. The van der Waals surface area contributed by atoms with Crippen LogP contribution in [-0.2, 0) is 14.3 Å². The Hall–Kier alpha value is -1.09. The standard InChI is InChI=1S/C15H18O3/c1-9-3-4-11-5-12(9)14(11)7-15(17-8-14)6-10(2)13(16)18-15/h6,11-12H,1,3-5,7-8H2,2H3/t11-,12-,14-,15+/m0/s1. The summed E-state index contributed by atoms with van der Waals surface area (Å²) in [6.07, 6.45) is 6.36. The highest BCUT2D eigenvalue weighted by molar-refractivity contribution is 5.90. The van der Waals surface area contributed by atoms with Crippen LogP contribution in [0.2, 0.25) is 0 Å². The van der Waals surface area contributed by atoms with Crippen LogP contribution in [0.5, 0.6) is 0 Å². The van der Waals surface area contributed by atoms with Gasteiger partial charge in [-0.15, -0.1) is 0 Å². The molecule has 2 aliphatic heterocycles. The second-order valence-corrected chi connectivity index (χ2v) is 6.41. The van der Waals surface area contributed by atoms with Crippen LogP contribution in [0.15, 0.2) is 23.8 Å². The zero-order valence-corrected chi connectivity index (χ0v) is 10.7. The third kappa shape index (κ3) is 1.11. The third-order valence-corrected chi connectivity index (χ3v) is 5.52. The first kappa shape index (κ1) is 10.8. The Morgan fingerprint density at radius 1 is 1.50 bits per heavy atom. The molecule has 3 aliphatic carbocycles. The molecule has 3 heteroatoms. The van der Waals surface area contributed by atoms with E-state index >= 15 is 0 Å². The van der Waals surface area contributed by atoms with Crippen molar-refractivity contribution in [2.45, 2.75) is 38.4 Å². The maximum atomic E-state index is 11.6. The lowest BCUT2D eigenvalue weighted by atomic mass is 9.45. The molecular weight excluding hydrogens is 228 g/mol. The Kier molecular flexibility index (Phi) is 1.85. The molecule has 5 rings (SSSR count). The molecular formula is C15H18O3. The zero-order chi connectivity index (χ0) is 12.5. The predicted molar refractivity (Wildman–Crippen MR) is 65.6 cm³/mol. The van der Waals surface area contributed by atoms with Crippen LogP contribution in [-0.4, -0.2) is 18.4 Å². The number of fused-ring (bicyclic) bond motifs is 2. The molecule has 0 aromatic carbocycles. The van der Waals surface area contributed by atoms with Gasteiger partial charge in [-0.2, -0.15) is 0 Å². The van der Waals surface area contributed by atoms with Crippen LogP contribution in [0.4, 0.5) is 0 Å². The van der Waals surface area contributed by atoms with Gasteiger partial charge in [0, 0.05) is 17.4 Å². The van der Waals surface area contributed by atoms with E-state index in [0.717, 1.165) is 18.9 Å². The molecule has 3 nitrogen and oxygen atoms in total. The van der Waals surface area contributed by atoms with Crippen LogP contribution in [0.25, 0.3) is 0 Å². The molecule has 18 heavy (non-hydrogen) atoms. The Labute approximate surface area is 107 Å².